The Labute approximate surface area is 109 Å². The Bertz CT molecular complexity index is 385. The first-order valence-corrected chi connectivity index (χ1v) is 6.87. The molecule has 0 bridgehead atoms. The van der Waals surface area contributed by atoms with Crippen molar-refractivity contribution in [2.45, 2.75) is 59.4 Å². The van der Waals surface area contributed by atoms with Crippen molar-refractivity contribution in [1.29, 1.82) is 0 Å². The van der Waals surface area contributed by atoms with Crippen molar-refractivity contribution >= 4 is 5.97 Å². The Morgan fingerprint density at radius 2 is 2.17 bits per heavy atom. The van der Waals surface area contributed by atoms with Crippen molar-refractivity contribution in [2.75, 3.05) is 6.61 Å². The molecule has 1 rings (SSSR count). The molecule has 4 nitrogen and oxygen atoms in total. The van der Waals surface area contributed by atoms with Gasteiger partial charge < -0.3 is 4.74 Å². The number of hydrogen-bond donors (Lipinski definition) is 0. The minimum Gasteiger partial charge on any atom is -0.461 e. The van der Waals surface area contributed by atoms with Gasteiger partial charge in [-0.15, -0.1) is 0 Å². The Hall–Kier alpha value is -1.32. The molecule has 1 aromatic heterocycles. The van der Waals surface area contributed by atoms with E-state index >= 15 is 0 Å². The van der Waals surface area contributed by atoms with Gasteiger partial charge in [0.25, 0.3) is 0 Å². The third kappa shape index (κ3) is 3.59. The first kappa shape index (κ1) is 14.7. The number of ether oxygens (including phenoxy) is 1. The van der Waals surface area contributed by atoms with E-state index in [9.17, 15) is 4.79 Å². The standard InChI is InChI=1S/C14H24N2O2/c1-5-8-9-12(6-2)16-11(4)10-13(15-16)14(17)18-7-3/h10,12H,5-9H2,1-4H3. The quantitative estimate of drug-likeness (QED) is 0.697. The van der Waals surface area contributed by atoms with Crippen LogP contribution in [0.3, 0.4) is 0 Å². The fraction of sp³-hybridized carbons (Fsp3) is 0.714. The summed E-state index contributed by atoms with van der Waals surface area (Å²) in [7, 11) is 0. The number of carbonyl (C=O) groups excluding carboxylic acids is 1. The highest BCUT2D eigenvalue weighted by Crippen LogP contribution is 2.21. The molecule has 0 aliphatic carbocycles. The fourth-order valence-electron chi connectivity index (χ4n) is 2.10. The molecule has 4 heteroatoms. The molecule has 0 N–H and O–H groups in total. The van der Waals surface area contributed by atoms with E-state index in [1.807, 2.05) is 17.7 Å². The van der Waals surface area contributed by atoms with Gasteiger partial charge in [-0.2, -0.15) is 5.10 Å². The largest absolute Gasteiger partial charge is 0.461 e. The van der Waals surface area contributed by atoms with Crippen LogP contribution in [0.2, 0.25) is 0 Å². The lowest BCUT2D eigenvalue weighted by molar-refractivity contribution is 0.0518. The molecular formula is C14H24N2O2. The Kier molecular flexibility index (Phi) is 5.89. The van der Waals surface area contributed by atoms with Crippen LogP contribution in [0.15, 0.2) is 6.07 Å². The van der Waals surface area contributed by atoms with E-state index in [0.29, 0.717) is 18.3 Å². The minimum absolute atomic E-state index is 0.329. The molecule has 18 heavy (non-hydrogen) atoms. The van der Waals surface area contributed by atoms with Gasteiger partial charge >= 0.3 is 5.97 Å². The Balaban J connectivity index is 2.84. The normalized spacial score (nSPS) is 12.4. The van der Waals surface area contributed by atoms with Gasteiger partial charge in [-0.25, -0.2) is 4.79 Å². The lowest BCUT2D eigenvalue weighted by Gasteiger charge is -2.16. The van der Waals surface area contributed by atoms with Gasteiger partial charge in [-0.1, -0.05) is 26.7 Å². The predicted molar refractivity (Wildman–Crippen MR) is 71.8 cm³/mol. The maximum Gasteiger partial charge on any atom is 0.358 e. The van der Waals surface area contributed by atoms with Crippen LogP contribution in [0, 0.1) is 6.92 Å². The van der Waals surface area contributed by atoms with E-state index in [-0.39, 0.29) is 5.97 Å². The number of nitrogens with zero attached hydrogens (tertiary/aromatic N) is 2. The summed E-state index contributed by atoms with van der Waals surface area (Å²) in [5.74, 6) is -0.329. The zero-order chi connectivity index (χ0) is 13.5. The van der Waals surface area contributed by atoms with Crippen molar-refractivity contribution in [3.05, 3.63) is 17.5 Å². The Morgan fingerprint density at radius 3 is 2.72 bits per heavy atom. The molecule has 1 heterocycles. The number of carbonyl (C=O) groups is 1. The summed E-state index contributed by atoms with van der Waals surface area (Å²) in [5.41, 5.74) is 1.45. The van der Waals surface area contributed by atoms with E-state index in [0.717, 1.165) is 18.5 Å². The predicted octanol–water partition coefficient (Wildman–Crippen LogP) is 3.51. The number of aromatic nitrogens is 2. The van der Waals surface area contributed by atoms with E-state index < -0.39 is 0 Å². The third-order valence-corrected chi connectivity index (χ3v) is 3.12. The van der Waals surface area contributed by atoms with E-state index in [1.165, 1.54) is 12.8 Å². The first-order valence-electron chi connectivity index (χ1n) is 6.87. The van der Waals surface area contributed by atoms with E-state index in [1.54, 1.807) is 6.92 Å². The van der Waals surface area contributed by atoms with E-state index in [4.69, 9.17) is 4.74 Å². The monoisotopic (exact) mass is 252 g/mol. The summed E-state index contributed by atoms with van der Waals surface area (Å²) in [6, 6.07) is 2.19. The highest BCUT2D eigenvalue weighted by atomic mass is 16.5. The summed E-state index contributed by atoms with van der Waals surface area (Å²) in [5, 5.41) is 4.39. The zero-order valence-corrected chi connectivity index (χ0v) is 11.9. The van der Waals surface area contributed by atoms with Crippen molar-refractivity contribution in [3.63, 3.8) is 0 Å². The summed E-state index contributed by atoms with van der Waals surface area (Å²) >= 11 is 0. The number of aryl methyl sites for hydroxylation is 1. The van der Waals surface area contributed by atoms with Gasteiger partial charge in [0.1, 0.15) is 0 Å². The second kappa shape index (κ2) is 7.19. The molecule has 102 valence electrons. The topological polar surface area (TPSA) is 44.1 Å². The van der Waals surface area contributed by atoms with Gasteiger partial charge in [0, 0.05) is 5.69 Å². The van der Waals surface area contributed by atoms with Crippen molar-refractivity contribution in [2.24, 2.45) is 0 Å². The second-order valence-electron chi connectivity index (χ2n) is 4.54. The maximum atomic E-state index is 11.6. The maximum absolute atomic E-state index is 11.6. The second-order valence-corrected chi connectivity index (χ2v) is 4.54. The van der Waals surface area contributed by atoms with Crippen molar-refractivity contribution in [3.8, 4) is 0 Å². The average Bonchev–Trinajstić information content (AvgIpc) is 2.73. The average molecular weight is 252 g/mol. The molecule has 0 amide bonds. The van der Waals surface area contributed by atoms with Crippen molar-refractivity contribution < 1.29 is 9.53 Å². The fourth-order valence-corrected chi connectivity index (χ4v) is 2.10. The minimum atomic E-state index is -0.329. The van der Waals surface area contributed by atoms with Crippen LogP contribution in [0.4, 0.5) is 0 Å². The van der Waals surface area contributed by atoms with Crippen LogP contribution in [0.25, 0.3) is 0 Å². The molecule has 0 radical (unpaired) electrons. The van der Waals surface area contributed by atoms with Crippen LogP contribution in [-0.2, 0) is 4.74 Å². The number of esters is 1. The molecule has 0 saturated heterocycles. The highest BCUT2D eigenvalue weighted by Gasteiger charge is 2.17. The van der Waals surface area contributed by atoms with Gasteiger partial charge in [0.15, 0.2) is 5.69 Å². The number of rotatable bonds is 7. The smallest absolute Gasteiger partial charge is 0.358 e. The number of unbranched alkanes of at least 4 members (excludes halogenated alkanes) is 1. The molecule has 0 fully saturated rings. The van der Waals surface area contributed by atoms with Crippen LogP contribution in [-0.4, -0.2) is 22.4 Å². The number of hydrogen-bond acceptors (Lipinski definition) is 3. The first-order chi connectivity index (χ1) is 8.63. The van der Waals surface area contributed by atoms with Crippen LogP contribution in [0.5, 0.6) is 0 Å². The lowest BCUT2D eigenvalue weighted by atomic mass is 10.1. The summed E-state index contributed by atoms with van der Waals surface area (Å²) in [6.07, 6.45) is 4.51. The Morgan fingerprint density at radius 1 is 1.44 bits per heavy atom. The summed E-state index contributed by atoms with van der Waals surface area (Å²) in [4.78, 5) is 11.6. The van der Waals surface area contributed by atoms with Crippen LogP contribution in [0.1, 0.15) is 68.7 Å². The molecule has 1 aromatic rings. The van der Waals surface area contributed by atoms with Crippen molar-refractivity contribution in [1.82, 2.24) is 9.78 Å². The molecule has 0 aromatic carbocycles. The zero-order valence-electron chi connectivity index (χ0n) is 11.9. The molecule has 0 aliphatic rings. The van der Waals surface area contributed by atoms with Gasteiger partial charge in [-0.3, -0.25) is 4.68 Å². The highest BCUT2D eigenvalue weighted by molar-refractivity contribution is 5.87. The SMILES string of the molecule is CCCCC(CC)n1nc(C(=O)OCC)cc1C. The molecule has 1 unspecified atom stereocenters. The lowest BCUT2D eigenvalue weighted by Crippen LogP contribution is -2.13. The van der Waals surface area contributed by atoms with Crippen LogP contribution < -0.4 is 0 Å². The molecule has 0 saturated carbocycles. The molecule has 1 atom stereocenters. The summed E-state index contributed by atoms with van der Waals surface area (Å²) < 4.78 is 6.95. The molecule has 0 aliphatic heterocycles. The van der Waals surface area contributed by atoms with Crippen LogP contribution >= 0.6 is 0 Å². The van der Waals surface area contributed by atoms with Gasteiger partial charge in [0.2, 0.25) is 0 Å². The summed E-state index contributed by atoms with van der Waals surface area (Å²) in [6.45, 7) is 8.53. The van der Waals surface area contributed by atoms with E-state index in [2.05, 4.69) is 18.9 Å². The third-order valence-electron chi connectivity index (χ3n) is 3.12. The van der Waals surface area contributed by atoms with Gasteiger partial charge in [-0.05, 0) is 32.8 Å². The van der Waals surface area contributed by atoms with Gasteiger partial charge in [0.05, 0.1) is 12.6 Å². The molecular weight excluding hydrogens is 228 g/mol. The molecule has 0 spiro atoms.